The van der Waals surface area contributed by atoms with Crippen LogP contribution >= 0.6 is 0 Å². The van der Waals surface area contributed by atoms with Crippen LogP contribution < -0.4 is 10.6 Å². The normalized spacial score (nSPS) is 10.1. The molecule has 1 heterocycles. The highest BCUT2D eigenvalue weighted by atomic mass is 16.6. The van der Waals surface area contributed by atoms with E-state index < -0.39 is 4.92 Å². The van der Waals surface area contributed by atoms with Crippen LogP contribution in [0.1, 0.15) is 18.9 Å². The van der Waals surface area contributed by atoms with E-state index in [1.807, 2.05) is 37.3 Å². The number of hydrogen-bond acceptors (Lipinski definition) is 5. The van der Waals surface area contributed by atoms with Gasteiger partial charge in [0.2, 0.25) is 5.82 Å². The predicted octanol–water partition coefficient (Wildman–Crippen LogP) is 3.42. The fourth-order valence-corrected chi connectivity index (χ4v) is 1.86. The van der Waals surface area contributed by atoms with Crippen LogP contribution in [0.4, 0.5) is 17.3 Å². The highest BCUT2D eigenvalue weighted by Gasteiger charge is 2.15. The molecule has 1 aromatic heterocycles. The summed E-state index contributed by atoms with van der Waals surface area (Å²) in [5.41, 5.74) is 1.02. The van der Waals surface area contributed by atoms with E-state index in [4.69, 9.17) is 0 Å². The van der Waals surface area contributed by atoms with Crippen molar-refractivity contribution < 1.29 is 4.92 Å². The Kier molecular flexibility index (Phi) is 5.09. The summed E-state index contributed by atoms with van der Waals surface area (Å²) in [4.78, 5) is 14.9. The first-order chi connectivity index (χ1) is 10.2. The Hall–Kier alpha value is -2.63. The van der Waals surface area contributed by atoms with E-state index in [0.717, 1.165) is 18.5 Å². The second kappa shape index (κ2) is 7.23. The highest BCUT2D eigenvalue weighted by Crippen LogP contribution is 2.24. The SMILES string of the molecule is CCCNc1ccc([N+](=O)[O-])c(NCc2ccccc2)n1. The average Bonchev–Trinajstić information content (AvgIpc) is 2.51. The molecule has 0 aliphatic heterocycles. The van der Waals surface area contributed by atoms with Crippen molar-refractivity contribution in [2.75, 3.05) is 17.2 Å². The molecule has 0 bridgehead atoms. The van der Waals surface area contributed by atoms with Gasteiger partial charge in [0, 0.05) is 19.2 Å². The Morgan fingerprint density at radius 1 is 1.14 bits per heavy atom. The number of benzene rings is 1. The van der Waals surface area contributed by atoms with Crippen molar-refractivity contribution >= 4 is 17.3 Å². The summed E-state index contributed by atoms with van der Waals surface area (Å²) >= 11 is 0. The monoisotopic (exact) mass is 286 g/mol. The van der Waals surface area contributed by atoms with E-state index in [0.29, 0.717) is 12.4 Å². The minimum atomic E-state index is -0.427. The van der Waals surface area contributed by atoms with Crippen LogP contribution in [0.15, 0.2) is 42.5 Å². The van der Waals surface area contributed by atoms with Crippen molar-refractivity contribution in [3.63, 3.8) is 0 Å². The lowest BCUT2D eigenvalue weighted by atomic mass is 10.2. The van der Waals surface area contributed by atoms with Crippen molar-refractivity contribution in [1.29, 1.82) is 0 Å². The van der Waals surface area contributed by atoms with E-state index >= 15 is 0 Å². The molecule has 0 aliphatic rings. The summed E-state index contributed by atoms with van der Waals surface area (Å²) in [5, 5.41) is 17.2. The van der Waals surface area contributed by atoms with Gasteiger partial charge in [0.1, 0.15) is 5.82 Å². The lowest BCUT2D eigenvalue weighted by Gasteiger charge is -2.09. The molecule has 0 spiro atoms. The zero-order valence-corrected chi connectivity index (χ0v) is 11.9. The Balaban J connectivity index is 2.16. The molecule has 0 atom stereocenters. The molecule has 2 aromatic rings. The summed E-state index contributed by atoms with van der Waals surface area (Å²) in [6.07, 6.45) is 0.964. The second-order valence-corrected chi connectivity index (χ2v) is 4.59. The molecular formula is C15H18N4O2. The molecule has 0 radical (unpaired) electrons. The van der Waals surface area contributed by atoms with Crippen LogP contribution in [0.25, 0.3) is 0 Å². The molecule has 6 nitrogen and oxygen atoms in total. The number of hydrogen-bond donors (Lipinski definition) is 2. The summed E-state index contributed by atoms with van der Waals surface area (Å²) in [6.45, 7) is 3.32. The van der Waals surface area contributed by atoms with Crippen molar-refractivity contribution in [2.45, 2.75) is 19.9 Å². The number of anilines is 2. The lowest BCUT2D eigenvalue weighted by Crippen LogP contribution is -2.08. The summed E-state index contributed by atoms with van der Waals surface area (Å²) in [5.74, 6) is 0.919. The molecule has 0 unspecified atom stereocenters. The zero-order valence-electron chi connectivity index (χ0n) is 11.9. The maximum atomic E-state index is 11.1. The number of aromatic nitrogens is 1. The van der Waals surface area contributed by atoms with E-state index in [1.54, 1.807) is 6.07 Å². The Morgan fingerprint density at radius 2 is 1.90 bits per heavy atom. The van der Waals surface area contributed by atoms with Gasteiger partial charge < -0.3 is 10.6 Å². The largest absolute Gasteiger partial charge is 0.370 e. The topological polar surface area (TPSA) is 80.1 Å². The molecule has 0 saturated heterocycles. The van der Waals surface area contributed by atoms with Crippen LogP contribution in [0.2, 0.25) is 0 Å². The van der Waals surface area contributed by atoms with Gasteiger partial charge in [0.15, 0.2) is 0 Å². The molecule has 6 heteroatoms. The third-order valence-electron chi connectivity index (χ3n) is 2.93. The minimum Gasteiger partial charge on any atom is -0.370 e. The summed E-state index contributed by atoms with van der Waals surface area (Å²) in [7, 11) is 0. The van der Waals surface area contributed by atoms with E-state index in [1.165, 1.54) is 6.07 Å². The van der Waals surface area contributed by atoms with Gasteiger partial charge in [-0.25, -0.2) is 4.98 Å². The number of nitrogens with one attached hydrogen (secondary N) is 2. The molecule has 1 aromatic carbocycles. The fourth-order valence-electron chi connectivity index (χ4n) is 1.86. The van der Waals surface area contributed by atoms with Gasteiger partial charge in [0.25, 0.3) is 0 Å². The van der Waals surface area contributed by atoms with Gasteiger partial charge in [-0.2, -0.15) is 0 Å². The lowest BCUT2D eigenvalue weighted by molar-refractivity contribution is -0.384. The van der Waals surface area contributed by atoms with E-state index in [2.05, 4.69) is 15.6 Å². The smallest absolute Gasteiger partial charge is 0.311 e. The first-order valence-corrected chi connectivity index (χ1v) is 6.88. The third kappa shape index (κ3) is 4.17. The number of nitrogens with zero attached hydrogens (tertiary/aromatic N) is 2. The van der Waals surface area contributed by atoms with Crippen LogP contribution in [-0.4, -0.2) is 16.5 Å². The van der Waals surface area contributed by atoms with Gasteiger partial charge in [-0.1, -0.05) is 37.3 Å². The van der Waals surface area contributed by atoms with Gasteiger partial charge in [-0.3, -0.25) is 10.1 Å². The summed E-state index contributed by atoms with van der Waals surface area (Å²) < 4.78 is 0. The summed E-state index contributed by atoms with van der Waals surface area (Å²) in [6, 6.07) is 12.8. The first kappa shape index (κ1) is 14.8. The predicted molar refractivity (Wildman–Crippen MR) is 83.4 cm³/mol. The average molecular weight is 286 g/mol. The van der Waals surface area contributed by atoms with Crippen molar-refractivity contribution in [3.05, 3.63) is 58.1 Å². The van der Waals surface area contributed by atoms with Crippen LogP contribution in [-0.2, 0) is 6.54 Å². The maximum Gasteiger partial charge on any atom is 0.311 e. The van der Waals surface area contributed by atoms with Gasteiger partial charge in [-0.05, 0) is 18.1 Å². The van der Waals surface area contributed by atoms with E-state index in [9.17, 15) is 10.1 Å². The molecule has 110 valence electrons. The fraction of sp³-hybridized carbons (Fsp3) is 0.267. The Morgan fingerprint density at radius 3 is 2.57 bits per heavy atom. The molecular weight excluding hydrogens is 268 g/mol. The Bertz CT molecular complexity index is 602. The van der Waals surface area contributed by atoms with Crippen molar-refractivity contribution in [3.8, 4) is 0 Å². The first-order valence-electron chi connectivity index (χ1n) is 6.88. The van der Waals surface area contributed by atoms with Crippen LogP contribution in [0.3, 0.4) is 0 Å². The molecule has 2 rings (SSSR count). The molecule has 21 heavy (non-hydrogen) atoms. The quantitative estimate of drug-likeness (QED) is 0.602. The molecule has 0 fully saturated rings. The van der Waals surface area contributed by atoms with E-state index in [-0.39, 0.29) is 11.5 Å². The number of nitro groups is 1. The van der Waals surface area contributed by atoms with Crippen LogP contribution in [0.5, 0.6) is 0 Å². The molecule has 2 N–H and O–H groups in total. The standard InChI is InChI=1S/C15H18N4O2/c1-2-10-16-14-9-8-13(19(20)21)15(18-14)17-11-12-6-4-3-5-7-12/h3-9H,2,10-11H2,1H3,(H2,16,17,18). The van der Waals surface area contributed by atoms with Crippen molar-refractivity contribution in [2.24, 2.45) is 0 Å². The molecule has 0 saturated carbocycles. The highest BCUT2D eigenvalue weighted by molar-refractivity contribution is 5.60. The van der Waals surface area contributed by atoms with Gasteiger partial charge in [-0.15, -0.1) is 0 Å². The van der Waals surface area contributed by atoms with Crippen LogP contribution in [0, 0.1) is 10.1 Å². The van der Waals surface area contributed by atoms with Gasteiger partial charge >= 0.3 is 5.69 Å². The molecule has 0 amide bonds. The Labute approximate surface area is 123 Å². The minimum absolute atomic E-state index is 0.0204. The van der Waals surface area contributed by atoms with Crippen molar-refractivity contribution in [1.82, 2.24) is 4.98 Å². The maximum absolute atomic E-state index is 11.1. The third-order valence-corrected chi connectivity index (χ3v) is 2.93. The second-order valence-electron chi connectivity index (χ2n) is 4.59. The van der Waals surface area contributed by atoms with Gasteiger partial charge in [0.05, 0.1) is 4.92 Å². The number of rotatable bonds is 7. The zero-order chi connectivity index (χ0) is 15.1. The molecule has 0 aliphatic carbocycles. The number of pyridine rings is 1.